The summed E-state index contributed by atoms with van der Waals surface area (Å²) < 4.78 is 30.5. The number of carbonyl (C=O) groups excluding carboxylic acids is 1. The summed E-state index contributed by atoms with van der Waals surface area (Å²) in [6.07, 6.45) is 4.65. The second-order valence-corrected chi connectivity index (χ2v) is 13.4. The van der Waals surface area contributed by atoms with Crippen molar-refractivity contribution in [1.29, 1.82) is 0 Å². The fourth-order valence-corrected chi connectivity index (χ4v) is 7.49. The molecule has 0 bridgehead atoms. The highest BCUT2D eigenvalue weighted by Gasteiger charge is 2.37. The Morgan fingerprint density at radius 3 is 2.54 bits per heavy atom. The minimum atomic E-state index is -3.00. The molecule has 0 radical (unpaired) electrons. The van der Waals surface area contributed by atoms with E-state index in [1.165, 1.54) is 18.0 Å². The molecule has 0 spiro atoms. The number of sulfone groups is 1. The van der Waals surface area contributed by atoms with Gasteiger partial charge in [-0.05, 0) is 50.0 Å². The summed E-state index contributed by atoms with van der Waals surface area (Å²) in [6.45, 7) is 12.1. The van der Waals surface area contributed by atoms with Crippen molar-refractivity contribution in [1.82, 2.24) is 19.8 Å². The van der Waals surface area contributed by atoms with E-state index in [1.807, 2.05) is 16.7 Å². The van der Waals surface area contributed by atoms with Crippen molar-refractivity contribution in [2.75, 3.05) is 61.0 Å². The van der Waals surface area contributed by atoms with Crippen LogP contribution in [0.3, 0.4) is 0 Å². The predicted octanol–water partition coefficient (Wildman–Crippen LogP) is 2.79. The number of nitrogens with zero attached hydrogens (tertiary/aromatic N) is 5. The van der Waals surface area contributed by atoms with E-state index < -0.39 is 9.84 Å². The number of ether oxygens (including phenoxy) is 1. The van der Waals surface area contributed by atoms with Crippen LogP contribution in [0.2, 0.25) is 0 Å². The van der Waals surface area contributed by atoms with Crippen LogP contribution in [0.25, 0.3) is 0 Å². The second kappa shape index (κ2) is 10.1. The first kappa shape index (κ1) is 26.1. The number of benzene rings is 1. The lowest BCUT2D eigenvalue weighted by atomic mass is 9.87. The van der Waals surface area contributed by atoms with E-state index in [1.54, 1.807) is 0 Å². The molecule has 3 saturated heterocycles. The third-order valence-electron chi connectivity index (χ3n) is 8.61. The van der Waals surface area contributed by atoms with Crippen molar-refractivity contribution in [2.45, 2.75) is 44.8 Å². The third-order valence-corrected chi connectivity index (χ3v) is 10.2. The van der Waals surface area contributed by atoms with E-state index in [9.17, 15) is 13.2 Å². The first-order valence-electron chi connectivity index (χ1n) is 13.8. The van der Waals surface area contributed by atoms with Crippen molar-refractivity contribution in [2.24, 2.45) is 0 Å². The molecule has 6 rings (SSSR count). The molecule has 2 aromatic rings. The molecule has 1 aromatic heterocycles. The largest absolute Gasteiger partial charge is 0.483 e. The van der Waals surface area contributed by atoms with Gasteiger partial charge < -0.3 is 19.9 Å². The number of aromatic nitrogens is 2. The van der Waals surface area contributed by atoms with Gasteiger partial charge in [0.25, 0.3) is 0 Å². The number of fused-ring (bicyclic) bond motifs is 2. The number of anilines is 3. The Balaban J connectivity index is 1.18. The maximum atomic E-state index is 12.0. The van der Waals surface area contributed by atoms with E-state index in [0.717, 1.165) is 67.4 Å². The predicted molar refractivity (Wildman–Crippen MR) is 151 cm³/mol. The van der Waals surface area contributed by atoms with Crippen LogP contribution in [0, 0.1) is 6.92 Å². The van der Waals surface area contributed by atoms with E-state index in [-0.39, 0.29) is 23.5 Å². The Morgan fingerprint density at radius 2 is 1.85 bits per heavy atom. The zero-order valence-electron chi connectivity index (χ0n) is 22.6. The molecule has 39 heavy (non-hydrogen) atoms. The number of aryl methyl sites for hydroxylation is 1. The van der Waals surface area contributed by atoms with Crippen molar-refractivity contribution in [3.05, 3.63) is 47.8 Å². The van der Waals surface area contributed by atoms with E-state index in [2.05, 4.69) is 45.8 Å². The molecule has 1 aromatic carbocycles. The fourth-order valence-electron chi connectivity index (χ4n) is 6.29. The summed E-state index contributed by atoms with van der Waals surface area (Å²) in [4.78, 5) is 27.5. The molecule has 0 aliphatic carbocycles. The molecule has 208 valence electrons. The number of hydrogen-bond donors (Lipinski definition) is 1. The smallest absolute Gasteiger partial charge is 0.245 e. The molecule has 0 unspecified atom stereocenters. The Labute approximate surface area is 230 Å². The Bertz CT molecular complexity index is 1390. The van der Waals surface area contributed by atoms with Gasteiger partial charge >= 0.3 is 0 Å². The fraction of sp³-hybridized carbons (Fsp3) is 0.536. The zero-order chi connectivity index (χ0) is 27.3. The van der Waals surface area contributed by atoms with Crippen molar-refractivity contribution in [3.8, 4) is 5.75 Å². The molecule has 0 saturated carbocycles. The van der Waals surface area contributed by atoms with Gasteiger partial charge in [-0.25, -0.2) is 18.4 Å². The van der Waals surface area contributed by atoms with Gasteiger partial charge in [-0.3, -0.25) is 9.69 Å². The van der Waals surface area contributed by atoms with Crippen molar-refractivity contribution < 1.29 is 17.9 Å². The molecular weight excluding hydrogens is 516 g/mol. The minimum absolute atomic E-state index is 0.0299. The number of carbonyl (C=O) groups is 1. The molecule has 5 heterocycles. The lowest BCUT2D eigenvalue weighted by molar-refractivity contribution is -0.127. The quantitative estimate of drug-likeness (QED) is 0.573. The number of piperidine rings is 1. The number of hydrogen-bond acceptors (Lipinski definition) is 9. The van der Waals surface area contributed by atoms with Gasteiger partial charge in [0.15, 0.2) is 9.84 Å². The lowest BCUT2D eigenvalue weighted by Crippen LogP contribution is -2.54. The highest BCUT2D eigenvalue weighted by molar-refractivity contribution is 7.91. The van der Waals surface area contributed by atoms with Crippen LogP contribution in [-0.2, 0) is 14.6 Å². The van der Waals surface area contributed by atoms with Crippen LogP contribution < -0.4 is 15.0 Å². The number of likely N-dealkylation sites (tertiary alicyclic amines) is 2. The molecule has 3 fully saturated rings. The molecule has 1 amide bonds. The van der Waals surface area contributed by atoms with E-state index >= 15 is 0 Å². The zero-order valence-corrected chi connectivity index (χ0v) is 23.4. The van der Waals surface area contributed by atoms with Crippen LogP contribution in [0.4, 0.5) is 17.3 Å². The molecule has 1 N–H and O–H groups in total. The van der Waals surface area contributed by atoms with Crippen molar-refractivity contribution >= 4 is 33.1 Å². The normalized spacial score (nSPS) is 23.5. The summed E-state index contributed by atoms with van der Waals surface area (Å²) >= 11 is 0. The van der Waals surface area contributed by atoms with Gasteiger partial charge in [0.1, 0.15) is 29.8 Å². The molecule has 11 heteroatoms. The second-order valence-electron chi connectivity index (χ2n) is 11.1. The average Bonchev–Trinajstić information content (AvgIpc) is 3.04. The molecular formula is C28H36N6O4S. The molecule has 1 atom stereocenters. The van der Waals surface area contributed by atoms with Crippen LogP contribution in [-0.4, -0.2) is 90.9 Å². The minimum Gasteiger partial charge on any atom is -0.483 e. The number of amides is 1. The van der Waals surface area contributed by atoms with E-state index in [4.69, 9.17) is 4.74 Å². The van der Waals surface area contributed by atoms with Crippen LogP contribution >= 0.6 is 0 Å². The third kappa shape index (κ3) is 4.98. The van der Waals surface area contributed by atoms with Crippen LogP contribution in [0.5, 0.6) is 5.75 Å². The molecule has 10 nitrogen and oxygen atoms in total. The average molecular weight is 553 g/mol. The standard InChI is InChI=1S/C28H36N6O4S/c1-4-24(35)32-7-5-22(6-8-32)34-15-21(16-34)20-13-18(2)26-23(14-20)31-27-25(19(3)38-26)28(30-17-29-27)33-9-11-39(36,37)12-10-33/h4,13-14,17,19,21-22H,1,5-12,15-16H2,2-3H3,(H,29,30,31)/t19-/m0/s1. The summed E-state index contributed by atoms with van der Waals surface area (Å²) in [7, 11) is -3.00. The summed E-state index contributed by atoms with van der Waals surface area (Å²) in [5.41, 5.74) is 4.11. The molecule has 4 aliphatic rings. The first-order chi connectivity index (χ1) is 18.7. The molecule has 4 aliphatic heterocycles. The lowest BCUT2D eigenvalue weighted by Gasteiger charge is -2.47. The van der Waals surface area contributed by atoms with Crippen LogP contribution in [0.15, 0.2) is 31.1 Å². The van der Waals surface area contributed by atoms with Crippen molar-refractivity contribution in [3.63, 3.8) is 0 Å². The first-order valence-corrected chi connectivity index (χ1v) is 15.6. The Hall–Kier alpha value is -3.18. The van der Waals surface area contributed by atoms with Gasteiger partial charge in [0, 0.05) is 51.2 Å². The van der Waals surface area contributed by atoms with Crippen LogP contribution in [0.1, 0.15) is 48.5 Å². The number of nitrogens with one attached hydrogen (secondary N) is 1. The van der Waals surface area contributed by atoms with Gasteiger partial charge in [-0.15, -0.1) is 0 Å². The highest BCUT2D eigenvalue weighted by atomic mass is 32.2. The number of rotatable bonds is 4. The monoisotopic (exact) mass is 552 g/mol. The van der Waals surface area contributed by atoms with Gasteiger partial charge in [0.05, 0.1) is 22.8 Å². The van der Waals surface area contributed by atoms with E-state index in [0.29, 0.717) is 30.9 Å². The maximum absolute atomic E-state index is 12.0. The SMILES string of the molecule is C=CC(=O)N1CCC(N2CC(c3cc(C)c4c(c3)Nc3ncnc(N5CCS(=O)(=O)CC5)c3[C@H](C)O4)C2)CC1. The highest BCUT2D eigenvalue weighted by Crippen LogP contribution is 2.45. The van der Waals surface area contributed by atoms with Gasteiger partial charge in [-0.1, -0.05) is 12.6 Å². The summed E-state index contributed by atoms with van der Waals surface area (Å²) in [6, 6.07) is 4.94. The maximum Gasteiger partial charge on any atom is 0.245 e. The Morgan fingerprint density at radius 1 is 1.13 bits per heavy atom. The van der Waals surface area contributed by atoms with Gasteiger partial charge in [0.2, 0.25) is 5.91 Å². The topological polar surface area (TPSA) is 108 Å². The van der Waals surface area contributed by atoms with Gasteiger partial charge in [-0.2, -0.15) is 0 Å². The Kier molecular flexibility index (Phi) is 6.74. The summed E-state index contributed by atoms with van der Waals surface area (Å²) in [5.74, 6) is 2.97. The summed E-state index contributed by atoms with van der Waals surface area (Å²) in [5, 5.41) is 3.53.